The molecule has 0 unspecified atom stereocenters. The average molecular weight is 402 g/mol. The third kappa shape index (κ3) is 3.02. The van der Waals surface area contributed by atoms with Crippen molar-refractivity contribution in [3.8, 4) is 22.8 Å². The Morgan fingerprint density at radius 2 is 1.87 bits per heavy atom. The highest BCUT2D eigenvalue weighted by atomic mass is 16.5. The van der Waals surface area contributed by atoms with E-state index in [-0.39, 0.29) is 5.56 Å². The molecule has 30 heavy (non-hydrogen) atoms. The number of hydrogen-bond donors (Lipinski definition) is 1. The number of benzene rings is 2. The Morgan fingerprint density at radius 1 is 1.03 bits per heavy atom. The molecular formula is C24H26N4O2. The van der Waals surface area contributed by atoms with Gasteiger partial charge in [-0.3, -0.25) is 9.69 Å². The molecule has 1 aromatic heterocycles. The molecule has 3 aliphatic heterocycles. The molecule has 0 atom stereocenters. The summed E-state index contributed by atoms with van der Waals surface area (Å²) in [4.78, 5) is 17.5. The van der Waals surface area contributed by atoms with Crippen LogP contribution in [0.1, 0.15) is 31.2 Å². The highest BCUT2D eigenvalue weighted by Gasteiger charge is 2.27. The Kier molecular flexibility index (Phi) is 4.35. The summed E-state index contributed by atoms with van der Waals surface area (Å²) in [6.45, 7) is 5.82. The first-order chi connectivity index (χ1) is 14.8. The maximum atomic E-state index is 12.2. The second kappa shape index (κ2) is 7.22. The van der Waals surface area contributed by atoms with Gasteiger partial charge in [0, 0.05) is 18.2 Å². The molecule has 0 spiro atoms. The van der Waals surface area contributed by atoms with E-state index >= 15 is 0 Å². The quantitative estimate of drug-likeness (QED) is 0.565. The Labute approximate surface area is 175 Å². The zero-order chi connectivity index (χ0) is 20.1. The molecule has 4 heterocycles. The molecule has 154 valence electrons. The molecule has 2 saturated heterocycles. The molecule has 6 rings (SSSR count). The van der Waals surface area contributed by atoms with Crippen molar-refractivity contribution in [2.45, 2.75) is 38.3 Å². The lowest BCUT2D eigenvalue weighted by molar-refractivity contribution is 0.122. The van der Waals surface area contributed by atoms with Crippen LogP contribution in [0.2, 0.25) is 0 Å². The van der Waals surface area contributed by atoms with Gasteiger partial charge in [-0.15, -0.1) is 0 Å². The number of nitrogens with zero attached hydrogens (tertiary/aromatic N) is 3. The van der Waals surface area contributed by atoms with E-state index in [4.69, 9.17) is 4.74 Å². The summed E-state index contributed by atoms with van der Waals surface area (Å²) in [7, 11) is 0. The largest absolute Gasteiger partial charge is 0.456 e. The fourth-order valence-corrected chi connectivity index (χ4v) is 5.34. The van der Waals surface area contributed by atoms with E-state index < -0.39 is 0 Å². The number of aromatic amines is 1. The van der Waals surface area contributed by atoms with Gasteiger partial charge in [0.05, 0.1) is 10.8 Å². The number of hydrogen-bond acceptors (Lipinski definition) is 5. The fraction of sp³-hybridized carbons (Fsp3) is 0.417. The van der Waals surface area contributed by atoms with Crippen LogP contribution in [0, 0.1) is 0 Å². The van der Waals surface area contributed by atoms with Crippen LogP contribution in [0.15, 0.2) is 41.2 Å². The fourth-order valence-electron chi connectivity index (χ4n) is 5.34. The number of piperidine rings is 1. The van der Waals surface area contributed by atoms with E-state index in [1.54, 1.807) is 0 Å². The van der Waals surface area contributed by atoms with Gasteiger partial charge < -0.3 is 9.64 Å². The van der Waals surface area contributed by atoms with Crippen LogP contribution < -0.4 is 10.3 Å². The van der Waals surface area contributed by atoms with Crippen molar-refractivity contribution < 1.29 is 4.74 Å². The molecule has 0 aliphatic carbocycles. The van der Waals surface area contributed by atoms with Gasteiger partial charge in [0.25, 0.3) is 5.56 Å². The van der Waals surface area contributed by atoms with Gasteiger partial charge in [-0.25, -0.2) is 5.10 Å². The predicted molar refractivity (Wildman–Crippen MR) is 117 cm³/mol. The molecule has 3 aromatic rings. The second-order valence-corrected chi connectivity index (χ2v) is 8.76. The minimum atomic E-state index is -0.181. The van der Waals surface area contributed by atoms with Crippen LogP contribution in [0.5, 0.6) is 11.5 Å². The van der Waals surface area contributed by atoms with Crippen molar-refractivity contribution in [3.63, 3.8) is 0 Å². The van der Waals surface area contributed by atoms with Gasteiger partial charge in [0.2, 0.25) is 0 Å². The lowest BCUT2D eigenvalue weighted by atomic mass is 9.98. The molecule has 6 nitrogen and oxygen atoms in total. The van der Waals surface area contributed by atoms with Gasteiger partial charge in [-0.2, -0.15) is 5.10 Å². The topological polar surface area (TPSA) is 61.5 Å². The van der Waals surface area contributed by atoms with Crippen molar-refractivity contribution >= 4 is 10.8 Å². The van der Waals surface area contributed by atoms with Crippen molar-refractivity contribution in [1.82, 2.24) is 20.0 Å². The van der Waals surface area contributed by atoms with Crippen LogP contribution in [-0.2, 0) is 6.54 Å². The van der Waals surface area contributed by atoms with Gasteiger partial charge >= 0.3 is 0 Å². The van der Waals surface area contributed by atoms with E-state index in [9.17, 15) is 4.79 Å². The maximum absolute atomic E-state index is 12.2. The summed E-state index contributed by atoms with van der Waals surface area (Å²) in [5.41, 5.74) is 2.84. The Bertz CT molecular complexity index is 1160. The third-order valence-electron chi connectivity index (χ3n) is 6.92. The first-order valence-electron chi connectivity index (χ1n) is 11.1. The smallest absolute Gasteiger partial charge is 0.272 e. The van der Waals surface area contributed by atoms with Crippen LogP contribution in [0.25, 0.3) is 22.0 Å². The standard InChI is InChI=1S/C24H26N4O2/c29-24-18-4-3-5-21-22(18)23(25-26-24)19-14-16(6-7-20(19)30-21)15-27-12-8-17(9-13-27)28-10-1-2-11-28/h3-7,14,17H,1-2,8-13,15H2,(H,26,29). The zero-order valence-electron chi connectivity index (χ0n) is 17.1. The normalized spacial score (nSPS) is 19.7. The highest BCUT2D eigenvalue weighted by molar-refractivity contribution is 6.01. The van der Waals surface area contributed by atoms with Crippen LogP contribution in [-0.4, -0.2) is 52.2 Å². The minimum Gasteiger partial charge on any atom is -0.456 e. The number of fused-ring (bicyclic) bond motifs is 2. The number of ether oxygens (including phenoxy) is 1. The minimum absolute atomic E-state index is 0.181. The van der Waals surface area contributed by atoms with Gasteiger partial charge in [-0.05, 0) is 81.7 Å². The number of rotatable bonds is 3. The molecular weight excluding hydrogens is 376 g/mol. The molecule has 2 fully saturated rings. The summed E-state index contributed by atoms with van der Waals surface area (Å²) in [5, 5.41) is 8.46. The highest BCUT2D eigenvalue weighted by Crippen LogP contribution is 2.44. The van der Waals surface area contributed by atoms with E-state index in [0.29, 0.717) is 11.1 Å². The Morgan fingerprint density at radius 3 is 2.70 bits per heavy atom. The van der Waals surface area contributed by atoms with Gasteiger partial charge in [-0.1, -0.05) is 12.1 Å². The summed E-state index contributed by atoms with van der Waals surface area (Å²) < 4.78 is 6.11. The Hall–Kier alpha value is -2.70. The molecule has 3 aliphatic rings. The lowest BCUT2D eigenvalue weighted by Crippen LogP contribution is -2.43. The second-order valence-electron chi connectivity index (χ2n) is 8.76. The molecule has 6 heteroatoms. The SMILES string of the molecule is O=c1[nH]nc2c3c(cccc13)Oc1ccc(CN3CCC(N4CCCC4)CC3)cc1-2. The molecule has 0 amide bonds. The molecule has 0 radical (unpaired) electrons. The molecule has 2 aromatic carbocycles. The summed E-state index contributed by atoms with van der Waals surface area (Å²) >= 11 is 0. The van der Waals surface area contributed by atoms with Crippen molar-refractivity contribution in [1.29, 1.82) is 0 Å². The van der Waals surface area contributed by atoms with Crippen molar-refractivity contribution in [3.05, 3.63) is 52.3 Å². The predicted octanol–water partition coefficient (Wildman–Crippen LogP) is 3.76. The van der Waals surface area contributed by atoms with Crippen LogP contribution >= 0.6 is 0 Å². The van der Waals surface area contributed by atoms with Crippen LogP contribution in [0.3, 0.4) is 0 Å². The molecule has 0 saturated carbocycles. The number of likely N-dealkylation sites (tertiary alicyclic amines) is 2. The molecule has 0 bridgehead atoms. The summed E-state index contributed by atoms with van der Waals surface area (Å²) in [6.07, 6.45) is 5.27. The van der Waals surface area contributed by atoms with Gasteiger partial charge in [0.1, 0.15) is 17.2 Å². The lowest BCUT2D eigenvalue weighted by Gasteiger charge is -2.36. The molecule has 1 N–H and O–H groups in total. The van der Waals surface area contributed by atoms with Crippen molar-refractivity contribution in [2.24, 2.45) is 0 Å². The van der Waals surface area contributed by atoms with E-state index in [1.807, 2.05) is 24.3 Å². The maximum Gasteiger partial charge on any atom is 0.272 e. The Balaban J connectivity index is 1.25. The summed E-state index contributed by atoms with van der Waals surface area (Å²) in [5.74, 6) is 1.50. The first kappa shape index (κ1) is 18.1. The van der Waals surface area contributed by atoms with E-state index in [2.05, 4.69) is 32.1 Å². The number of nitrogens with one attached hydrogen (secondary N) is 1. The first-order valence-corrected chi connectivity index (χ1v) is 11.1. The summed E-state index contributed by atoms with van der Waals surface area (Å²) in [6, 6.07) is 12.7. The zero-order valence-corrected chi connectivity index (χ0v) is 17.1. The number of aromatic nitrogens is 2. The third-order valence-corrected chi connectivity index (χ3v) is 6.92. The van der Waals surface area contributed by atoms with Gasteiger partial charge in [0.15, 0.2) is 0 Å². The number of H-pyrrole nitrogens is 1. The monoisotopic (exact) mass is 402 g/mol. The van der Waals surface area contributed by atoms with E-state index in [0.717, 1.165) is 48.1 Å². The van der Waals surface area contributed by atoms with Crippen molar-refractivity contribution in [2.75, 3.05) is 26.2 Å². The van der Waals surface area contributed by atoms with E-state index in [1.165, 1.54) is 44.3 Å². The average Bonchev–Trinajstić information content (AvgIpc) is 3.31. The van der Waals surface area contributed by atoms with Crippen LogP contribution in [0.4, 0.5) is 0 Å².